The Hall–Kier alpha value is -4.28. The fourth-order valence-electron chi connectivity index (χ4n) is 11.4. The maximum Gasteiger partial charge on any atom is 0.407 e. The summed E-state index contributed by atoms with van der Waals surface area (Å²) in [6.07, 6.45) is 5.72. The maximum atomic E-state index is 14.8. The molecule has 3 saturated heterocycles. The van der Waals surface area contributed by atoms with Crippen LogP contribution in [0.1, 0.15) is 120 Å². The van der Waals surface area contributed by atoms with Crippen molar-refractivity contribution in [2.45, 2.75) is 136 Å². The van der Waals surface area contributed by atoms with Crippen molar-refractivity contribution in [3.05, 3.63) is 45.9 Å². The number of likely N-dealkylation sites (N-methyl/N-ethyl adjacent to an activating group) is 1. The van der Waals surface area contributed by atoms with Crippen LogP contribution in [0.4, 0.5) is 10.5 Å². The first-order valence-electron chi connectivity index (χ1n) is 23.2. The zero-order valence-electron chi connectivity index (χ0n) is 38.0. The Morgan fingerprint density at radius 3 is 2.44 bits per heavy atom. The number of fused-ring (bicyclic) bond motifs is 3. The van der Waals surface area contributed by atoms with E-state index in [4.69, 9.17) is 20.3 Å². The molecule has 63 heavy (non-hydrogen) atoms. The number of rotatable bonds is 14. The average Bonchev–Trinajstić information content (AvgIpc) is 3.74. The third-order valence-electron chi connectivity index (χ3n) is 15.1. The lowest BCUT2D eigenvalue weighted by atomic mass is 9.55. The molecule has 7 rings (SSSR count). The van der Waals surface area contributed by atoms with Crippen molar-refractivity contribution in [3.8, 4) is 0 Å². The molecule has 16 heteroatoms. The molecule has 5 fully saturated rings. The van der Waals surface area contributed by atoms with Gasteiger partial charge in [-0.05, 0) is 126 Å². The number of carboxylic acid groups (broad SMARTS) is 1. The summed E-state index contributed by atoms with van der Waals surface area (Å²) in [5.74, 6) is -1.34. The molecule has 2 aliphatic carbocycles. The first kappa shape index (κ1) is 46.7. The summed E-state index contributed by atoms with van der Waals surface area (Å²) < 4.78 is 6.15. The number of hydrogen-bond donors (Lipinski definition) is 5. The number of benzene rings is 1. The molecule has 1 aromatic carbocycles. The third kappa shape index (κ3) is 10.2. The second kappa shape index (κ2) is 19.4. The fourth-order valence-corrected chi connectivity index (χ4v) is 12.4. The van der Waals surface area contributed by atoms with E-state index in [1.807, 2.05) is 33.0 Å². The molecule has 12 atom stereocenters. The van der Waals surface area contributed by atoms with Crippen LogP contribution in [0.5, 0.6) is 0 Å². The molecule has 1 aromatic heterocycles. The van der Waals surface area contributed by atoms with E-state index >= 15 is 0 Å². The lowest BCUT2D eigenvalue weighted by Gasteiger charge is -2.57. The number of carbonyl (C=O) groups is 5. The predicted octanol–water partition coefficient (Wildman–Crippen LogP) is 5.85. The summed E-state index contributed by atoms with van der Waals surface area (Å²) in [5.41, 5.74) is 6.58. The molecule has 4 heterocycles. The lowest BCUT2D eigenvalue weighted by Crippen LogP contribution is -2.63. The van der Waals surface area contributed by atoms with Crippen LogP contribution >= 0.6 is 11.3 Å². The largest absolute Gasteiger partial charge is 0.481 e. The van der Waals surface area contributed by atoms with Gasteiger partial charge in [-0.3, -0.25) is 28.9 Å². The zero-order chi connectivity index (χ0) is 45.3. The molecule has 0 spiro atoms. The summed E-state index contributed by atoms with van der Waals surface area (Å²) in [7, 11) is 1.97. The first-order chi connectivity index (χ1) is 29.9. The van der Waals surface area contributed by atoms with E-state index in [2.05, 4.69) is 34.7 Å². The lowest BCUT2D eigenvalue weighted by molar-refractivity contribution is -0.260. The molecule has 3 aliphatic heterocycles. The van der Waals surface area contributed by atoms with Gasteiger partial charge >= 0.3 is 12.1 Å². The highest BCUT2D eigenvalue weighted by Gasteiger charge is 2.57. The number of nitrogens with zero attached hydrogens (tertiary/aromatic N) is 3. The summed E-state index contributed by atoms with van der Waals surface area (Å²) in [5, 5.41) is 23.3. The minimum atomic E-state index is -1.10. The number of anilines is 1. The number of aromatic nitrogens is 1. The van der Waals surface area contributed by atoms with Crippen LogP contribution in [0.25, 0.3) is 0 Å². The monoisotopic (exact) mass is 891 g/mol. The van der Waals surface area contributed by atoms with Crippen molar-refractivity contribution in [2.75, 3.05) is 32.5 Å². The number of likely N-dealkylation sites (tertiary alicyclic amines) is 1. The number of hydrogen-bond acceptors (Lipinski definition) is 11. The van der Waals surface area contributed by atoms with Gasteiger partial charge in [0.2, 0.25) is 5.91 Å². The Morgan fingerprint density at radius 2 is 1.76 bits per heavy atom. The van der Waals surface area contributed by atoms with Crippen molar-refractivity contribution in [3.63, 3.8) is 0 Å². The quantitative estimate of drug-likeness (QED) is 0.142. The van der Waals surface area contributed by atoms with E-state index in [0.29, 0.717) is 31.7 Å². The van der Waals surface area contributed by atoms with Crippen molar-refractivity contribution in [1.29, 1.82) is 0 Å². The van der Waals surface area contributed by atoms with Gasteiger partial charge in [-0.1, -0.05) is 52.7 Å². The fraction of sp³-hybridized carbons (Fsp3) is 0.702. The molecule has 346 valence electrons. The summed E-state index contributed by atoms with van der Waals surface area (Å²) in [6, 6.07) is 5.58. The Bertz CT molecular complexity index is 1980. The van der Waals surface area contributed by atoms with E-state index in [-0.39, 0.29) is 83.4 Å². The molecule has 6 N–H and O–H groups in total. The molecule has 0 radical (unpaired) electrons. The highest BCUT2D eigenvalue weighted by atomic mass is 32.1. The SMILES string of the molecule is CC[C@H](C)[C@H](NC(=O)[C@H]1CCCCN1C)C(=O)N1OCC2CC3CC4CNC(=O)OC4[C@H](c4nc(C(=O)N[C@@H](Cc5ccc(N)cc5)CC(C)(C)C(=O)O)cs4)C3CC2[C@H]1C(C)C. The highest BCUT2D eigenvalue weighted by Crippen LogP contribution is 2.57. The third-order valence-corrected chi connectivity index (χ3v) is 16.0. The van der Waals surface area contributed by atoms with Gasteiger partial charge in [-0.2, -0.15) is 0 Å². The Kier molecular flexibility index (Phi) is 14.4. The maximum absolute atomic E-state index is 14.8. The Morgan fingerprint density at radius 1 is 1.03 bits per heavy atom. The van der Waals surface area contributed by atoms with E-state index in [1.165, 1.54) is 11.3 Å². The number of carbonyl (C=O) groups excluding carboxylic acids is 4. The number of ether oxygens (including phenoxy) is 1. The molecular weight excluding hydrogens is 823 g/mol. The predicted molar refractivity (Wildman–Crippen MR) is 239 cm³/mol. The van der Waals surface area contributed by atoms with Gasteiger partial charge in [0, 0.05) is 29.6 Å². The molecule has 2 saturated carbocycles. The number of carboxylic acids is 1. The number of nitrogens with one attached hydrogen (secondary N) is 3. The number of piperidine rings is 1. The van der Waals surface area contributed by atoms with Crippen LogP contribution in [0.3, 0.4) is 0 Å². The number of thiazole rings is 1. The number of aliphatic carboxylic acids is 1. The number of nitrogen functional groups attached to an aromatic ring is 1. The summed E-state index contributed by atoms with van der Waals surface area (Å²) in [6.45, 7) is 13.4. The Labute approximate surface area is 375 Å². The van der Waals surface area contributed by atoms with Crippen LogP contribution in [-0.4, -0.2) is 107 Å². The second-order valence-corrected chi connectivity index (χ2v) is 21.1. The smallest absolute Gasteiger partial charge is 0.407 e. The second-order valence-electron chi connectivity index (χ2n) is 20.2. The zero-order valence-corrected chi connectivity index (χ0v) is 38.8. The van der Waals surface area contributed by atoms with Crippen molar-refractivity contribution < 1.29 is 38.7 Å². The van der Waals surface area contributed by atoms with E-state index in [1.54, 1.807) is 36.4 Å². The van der Waals surface area contributed by atoms with Crippen molar-refractivity contribution >= 4 is 46.8 Å². The number of alkyl carbamates (subject to hydrolysis) is 1. The van der Waals surface area contributed by atoms with Crippen LogP contribution in [0, 0.1) is 46.8 Å². The van der Waals surface area contributed by atoms with Gasteiger partial charge in [0.1, 0.15) is 22.8 Å². The molecule has 4 amide bonds. The van der Waals surface area contributed by atoms with Gasteiger partial charge in [0.25, 0.3) is 11.8 Å². The van der Waals surface area contributed by atoms with Crippen LogP contribution in [-0.2, 0) is 30.4 Å². The molecule has 5 aliphatic rings. The number of nitrogens with two attached hydrogens (primary N) is 1. The Balaban J connectivity index is 1.14. The van der Waals surface area contributed by atoms with E-state index < -0.39 is 41.6 Å². The molecule has 15 nitrogen and oxygen atoms in total. The van der Waals surface area contributed by atoms with Crippen molar-refractivity contribution in [2.24, 2.45) is 46.8 Å². The number of amides is 4. The van der Waals surface area contributed by atoms with Gasteiger partial charge < -0.3 is 31.5 Å². The minimum absolute atomic E-state index is 0.0463. The van der Waals surface area contributed by atoms with E-state index in [0.717, 1.165) is 55.6 Å². The number of hydroxylamine groups is 2. The van der Waals surface area contributed by atoms with Crippen LogP contribution < -0.4 is 21.7 Å². The van der Waals surface area contributed by atoms with Gasteiger partial charge in [-0.25, -0.2) is 14.8 Å². The standard InChI is InChI=1S/C47H69N7O8S/c1-8-26(4)38(52-42(56)36-11-9-10-16-53(36)7)44(57)54-39(25(2)3)34-20-33-28(19-30(34)23-61-54)18-29-22-49-46(60)62-40(29)37(33)43-51-35(24-63-43)41(55)50-32(21-47(5,6)45(58)59)17-27-12-14-31(48)15-13-27/h12-15,24-26,28-30,32-34,36-40H,8-11,16-23,48H2,1-7H3,(H,49,60)(H,50,55)(H,52,56)(H,58,59)/t26-,28?,29?,30?,32-,33?,34?,36+,37+,38-,39+,40?/m0/s1. The van der Waals surface area contributed by atoms with Gasteiger partial charge in [-0.15, -0.1) is 11.3 Å². The van der Waals surface area contributed by atoms with Crippen LogP contribution in [0.2, 0.25) is 0 Å². The average molecular weight is 892 g/mol. The van der Waals surface area contributed by atoms with Crippen LogP contribution in [0.15, 0.2) is 29.6 Å². The van der Waals surface area contributed by atoms with E-state index in [9.17, 15) is 29.1 Å². The normalized spacial score (nSPS) is 30.1. The summed E-state index contributed by atoms with van der Waals surface area (Å²) in [4.78, 5) is 81.2. The molecular formula is C47H69N7O8S. The molecule has 2 aromatic rings. The van der Waals surface area contributed by atoms with Gasteiger partial charge in [0.15, 0.2) is 0 Å². The molecule has 6 unspecified atom stereocenters. The highest BCUT2D eigenvalue weighted by molar-refractivity contribution is 7.10. The topological polar surface area (TPSA) is 206 Å². The molecule has 0 bridgehead atoms. The minimum Gasteiger partial charge on any atom is -0.481 e. The van der Waals surface area contributed by atoms with Crippen molar-refractivity contribution in [1.82, 2.24) is 30.9 Å². The summed E-state index contributed by atoms with van der Waals surface area (Å²) >= 11 is 1.39. The first-order valence-corrected chi connectivity index (χ1v) is 24.1. The van der Waals surface area contributed by atoms with Gasteiger partial charge in [0.05, 0.1) is 30.0 Å².